The van der Waals surface area contributed by atoms with Crippen LogP contribution in [0.3, 0.4) is 0 Å². The fourth-order valence-corrected chi connectivity index (χ4v) is 2.03. The Bertz CT molecular complexity index is 752. The molecule has 0 fully saturated rings. The van der Waals surface area contributed by atoms with Crippen molar-refractivity contribution in [2.24, 2.45) is 0 Å². The first kappa shape index (κ1) is 10.5. The minimum absolute atomic E-state index is 0.122. The van der Waals surface area contributed by atoms with Gasteiger partial charge >= 0.3 is 6.16 Å². The molecule has 0 aliphatic heterocycles. The predicted molar refractivity (Wildman–Crippen MR) is 67.9 cm³/mol. The van der Waals surface area contributed by atoms with E-state index in [1.165, 1.54) is 0 Å². The van der Waals surface area contributed by atoms with Crippen LogP contribution in [0.2, 0.25) is 0 Å². The van der Waals surface area contributed by atoms with Gasteiger partial charge in [0.15, 0.2) is 0 Å². The molecule has 0 bridgehead atoms. The molecule has 1 N–H and O–H groups in total. The molecule has 3 rings (SSSR count). The Morgan fingerprint density at radius 1 is 0.944 bits per heavy atom. The molecule has 2 aromatic carbocycles. The Morgan fingerprint density at radius 3 is 2.28 bits per heavy atom. The topological polar surface area (TPSA) is 59.4 Å². The molecule has 4 heteroatoms. The number of benzene rings is 2. The smallest absolute Gasteiger partial charge is 0.449 e. The Balaban J connectivity index is 2.42. The molecule has 0 spiro atoms. The molecule has 3 aromatic rings. The monoisotopic (exact) mass is 239 g/mol. The van der Waals surface area contributed by atoms with Gasteiger partial charge in [0.05, 0.1) is 5.52 Å². The van der Waals surface area contributed by atoms with Gasteiger partial charge in [-0.1, -0.05) is 36.4 Å². The lowest BCUT2D eigenvalue weighted by Crippen LogP contribution is -2.05. The number of carbonyl (C=O) groups is 1. The highest BCUT2D eigenvalue weighted by atomic mass is 16.7. The molecule has 18 heavy (non-hydrogen) atoms. The molecule has 4 nitrogen and oxygen atoms in total. The van der Waals surface area contributed by atoms with Crippen LogP contribution in [-0.4, -0.2) is 16.2 Å². The van der Waals surface area contributed by atoms with Crippen LogP contribution in [0.4, 0.5) is 4.79 Å². The maximum absolute atomic E-state index is 10.7. The van der Waals surface area contributed by atoms with E-state index in [9.17, 15) is 4.79 Å². The van der Waals surface area contributed by atoms with E-state index in [0.29, 0.717) is 10.9 Å². The van der Waals surface area contributed by atoms with Crippen LogP contribution in [0, 0.1) is 0 Å². The summed E-state index contributed by atoms with van der Waals surface area (Å²) in [7, 11) is 0. The third-order valence-electron chi connectivity index (χ3n) is 2.76. The van der Waals surface area contributed by atoms with E-state index in [0.717, 1.165) is 10.8 Å². The fraction of sp³-hybridized carbons (Fsp3) is 0. The summed E-state index contributed by atoms with van der Waals surface area (Å²) in [5, 5.41) is 11.3. The summed E-state index contributed by atoms with van der Waals surface area (Å²) in [5.74, 6) is 0.122. The van der Waals surface area contributed by atoms with Gasteiger partial charge in [0.2, 0.25) is 5.88 Å². The van der Waals surface area contributed by atoms with Crippen molar-refractivity contribution in [2.45, 2.75) is 0 Å². The van der Waals surface area contributed by atoms with Crippen LogP contribution in [-0.2, 0) is 0 Å². The van der Waals surface area contributed by atoms with Gasteiger partial charge in [-0.2, -0.15) is 0 Å². The van der Waals surface area contributed by atoms with E-state index in [4.69, 9.17) is 9.84 Å². The fourth-order valence-electron chi connectivity index (χ4n) is 2.03. The highest BCUT2D eigenvalue weighted by Gasteiger charge is 2.11. The molecule has 1 aromatic heterocycles. The molecular formula is C14H9NO3. The zero-order valence-corrected chi connectivity index (χ0v) is 9.33. The normalized spacial score (nSPS) is 10.7. The number of carboxylic acid groups (broad SMARTS) is 1. The second-order valence-corrected chi connectivity index (χ2v) is 3.85. The summed E-state index contributed by atoms with van der Waals surface area (Å²) in [6.07, 6.45) is -1.36. The minimum Gasteiger partial charge on any atom is -0.449 e. The van der Waals surface area contributed by atoms with Crippen molar-refractivity contribution in [3.8, 4) is 5.88 Å². The highest BCUT2D eigenvalue weighted by Crippen LogP contribution is 2.30. The molecule has 0 radical (unpaired) electrons. The SMILES string of the molecule is O=C(O)Oc1nc2ccccc2c2ccccc12. The molecule has 0 saturated carbocycles. The summed E-state index contributed by atoms with van der Waals surface area (Å²) >= 11 is 0. The number of pyridine rings is 1. The third-order valence-corrected chi connectivity index (χ3v) is 2.76. The van der Waals surface area contributed by atoms with E-state index in [2.05, 4.69) is 4.98 Å². The van der Waals surface area contributed by atoms with Crippen molar-refractivity contribution >= 4 is 27.8 Å². The zero-order chi connectivity index (χ0) is 12.5. The average molecular weight is 239 g/mol. The molecule has 0 atom stereocenters. The van der Waals surface area contributed by atoms with E-state index in [-0.39, 0.29) is 5.88 Å². The number of hydrogen-bond donors (Lipinski definition) is 1. The van der Waals surface area contributed by atoms with Crippen LogP contribution in [0.5, 0.6) is 5.88 Å². The number of aromatic nitrogens is 1. The van der Waals surface area contributed by atoms with Gasteiger partial charge < -0.3 is 9.84 Å². The van der Waals surface area contributed by atoms with Gasteiger partial charge in [0.1, 0.15) is 0 Å². The van der Waals surface area contributed by atoms with Gasteiger partial charge in [0.25, 0.3) is 0 Å². The summed E-state index contributed by atoms with van der Waals surface area (Å²) in [6.45, 7) is 0. The Labute approximate surface area is 102 Å². The van der Waals surface area contributed by atoms with Gasteiger partial charge in [0, 0.05) is 10.8 Å². The van der Waals surface area contributed by atoms with Crippen molar-refractivity contribution in [1.29, 1.82) is 0 Å². The van der Waals surface area contributed by atoms with Gasteiger partial charge in [-0.15, -0.1) is 0 Å². The lowest BCUT2D eigenvalue weighted by atomic mass is 10.1. The lowest BCUT2D eigenvalue weighted by Gasteiger charge is -2.07. The minimum atomic E-state index is -1.36. The van der Waals surface area contributed by atoms with Crippen molar-refractivity contribution in [3.05, 3.63) is 48.5 Å². The zero-order valence-electron chi connectivity index (χ0n) is 9.33. The molecule has 0 amide bonds. The van der Waals surface area contributed by atoms with Crippen molar-refractivity contribution in [2.75, 3.05) is 0 Å². The maximum atomic E-state index is 10.7. The second kappa shape index (κ2) is 4.00. The number of ether oxygens (including phenoxy) is 1. The summed E-state index contributed by atoms with van der Waals surface area (Å²) in [6, 6.07) is 15.0. The molecule has 0 aliphatic rings. The summed E-state index contributed by atoms with van der Waals surface area (Å²) < 4.78 is 4.74. The second-order valence-electron chi connectivity index (χ2n) is 3.85. The van der Waals surface area contributed by atoms with E-state index in [1.807, 2.05) is 42.5 Å². The van der Waals surface area contributed by atoms with Crippen LogP contribution in [0.15, 0.2) is 48.5 Å². The Morgan fingerprint density at radius 2 is 1.56 bits per heavy atom. The van der Waals surface area contributed by atoms with Crippen LogP contribution in [0.1, 0.15) is 0 Å². The maximum Gasteiger partial charge on any atom is 0.512 e. The first-order chi connectivity index (χ1) is 8.75. The largest absolute Gasteiger partial charge is 0.512 e. The Hall–Kier alpha value is -2.62. The predicted octanol–water partition coefficient (Wildman–Crippen LogP) is 3.44. The number of fused-ring (bicyclic) bond motifs is 3. The molecule has 0 aliphatic carbocycles. The van der Waals surface area contributed by atoms with Gasteiger partial charge in [-0.05, 0) is 17.5 Å². The quantitative estimate of drug-likeness (QED) is 0.522. The van der Waals surface area contributed by atoms with Crippen LogP contribution >= 0.6 is 0 Å². The summed E-state index contributed by atoms with van der Waals surface area (Å²) in [4.78, 5) is 14.9. The number of hydrogen-bond acceptors (Lipinski definition) is 3. The Kier molecular flexibility index (Phi) is 2.34. The first-order valence-corrected chi connectivity index (χ1v) is 5.44. The highest BCUT2D eigenvalue weighted by molar-refractivity contribution is 6.07. The molecule has 88 valence electrons. The van der Waals surface area contributed by atoms with Crippen molar-refractivity contribution < 1.29 is 14.6 Å². The molecule has 0 unspecified atom stereocenters. The standard InChI is InChI=1S/C14H9NO3/c16-14(17)18-13-11-7-2-1-5-9(11)10-6-3-4-8-12(10)15-13/h1-8H,(H,16,17). The van der Waals surface area contributed by atoms with Crippen LogP contribution in [0.25, 0.3) is 21.7 Å². The first-order valence-electron chi connectivity index (χ1n) is 5.44. The van der Waals surface area contributed by atoms with E-state index < -0.39 is 6.16 Å². The van der Waals surface area contributed by atoms with Gasteiger partial charge in [-0.25, -0.2) is 9.78 Å². The van der Waals surface area contributed by atoms with Crippen LogP contribution < -0.4 is 4.74 Å². The van der Waals surface area contributed by atoms with E-state index in [1.54, 1.807) is 6.07 Å². The number of rotatable bonds is 1. The number of nitrogens with zero attached hydrogens (tertiary/aromatic N) is 1. The van der Waals surface area contributed by atoms with Crippen molar-refractivity contribution in [1.82, 2.24) is 4.98 Å². The van der Waals surface area contributed by atoms with Gasteiger partial charge in [-0.3, -0.25) is 0 Å². The third kappa shape index (κ3) is 1.64. The lowest BCUT2D eigenvalue weighted by molar-refractivity contribution is 0.143. The number of para-hydroxylation sites is 1. The summed E-state index contributed by atoms with van der Waals surface area (Å²) in [5.41, 5.74) is 0.715. The van der Waals surface area contributed by atoms with Crippen molar-refractivity contribution in [3.63, 3.8) is 0 Å². The molecule has 1 heterocycles. The van der Waals surface area contributed by atoms with E-state index >= 15 is 0 Å². The molecular weight excluding hydrogens is 230 g/mol. The molecule has 0 saturated heterocycles. The average Bonchev–Trinajstić information content (AvgIpc) is 2.38.